The molecule has 1 aromatic carbocycles. The monoisotopic (exact) mass is 363 g/mol. The molecule has 0 spiro atoms. The van der Waals surface area contributed by atoms with Crippen LogP contribution in [0.25, 0.3) is 0 Å². The fourth-order valence-corrected chi connectivity index (χ4v) is 4.46. The van der Waals surface area contributed by atoms with Crippen LogP contribution < -0.4 is 5.32 Å². The van der Waals surface area contributed by atoms with Gasteiger partial charge in [-0.15, -0.1) is 11.3 Å². The number of hydrogen-bond donors (Lipinski definition) is 1. The first kappa shape index (κ1) is 14.8. The maximum absolute atomic E-state index is 12.2. The molecule has 0 aliphatic heterocycles. The van der Waals surface area contributed by atoms with Crippen molar-refractivity contribution in [3.63, 3.8) is 0 Å². The minimum Gasteiger partial charge on any atom is -0.349 e. The zero-order valence-corrected chi connectivity index (χ0v) is 14.1. The summed E-state index contributed by atoms with van der Waals surface area (Å²) in [5.74, 6) is 0.702. The number of amides is 1. The highest BCUT2D eigenvalue weighted by molar-refractivity contribution is 9.10. The summed E-state index contributed by atoms with van der Waals surface area (Å²) < 4.78 is 0.892. The first-order chi connectivity index (χ1) is 10.2. The first-order valence-electron chi connectivity index (χ1n) is 7.33. The van der Waals surface area contributed by atoms with Gasteiger partial charge in [0.15, 0.2) is 0 Å². The lowest BCUT2D eigenvalue weighted by Crippen LogP contribution is -2.37. The molecule has 1 saturated carbocycles. The molecule has 0 bridgehead atoms. The minimum absolute atomic E-state index is 0.0556. The summed E-state index contributed by atoms with van der Waals surface area (Å²) in [6.07, 6.45) is 4.43. The van der Waals surface area contributed by atoms with Crippen LogP contribution in [0.1, 0.15) is 46.8 Å². The van der Waals surface area contributed by atoms with Gasteiger partial charge in [0.2, 0.25) is 0 Å². The van der Waals surface area contributed by atoms with Crippen molar-refractivity contribution in [3.8, 4) is 0 Å². The van der Waals surface area contributed by atoms with Gasteiger partial charge in [-0.3, -0.25) is 4.79 Å². The van der Waals surface area contributed by atoms with Crippen LogP contribution in [-0.2, 0) is 0 Å². The molecule has 1 heterocycles. The number of carbonyl (C=O) groups is 1. The Morgan fingerprint density at radius 2 is 1.81 bits per heavy atom. The van der Waals surface area contributed by atoms with E-state index in [1.807, 2.05) is 11.4 Å². The van der Waals surface area contributed by atoms with Gasteiger partial charge in [0.25, 0.3) is 5.91 Å². The number of thiophene rings is 1. The maximum Gasteiger partial charge on any atom is 0.262 e. The Balaban J connectivity index is 1.55. The van der Waals surface area contributed by atoms with Gasteiger partial charge in [0.05, 0.1) is 0 Å². The molecular formula is C17H18BrNOS. The summed E-state index contributed by atoms with van der Waals surface area (Å²) in [7, 11) is 0. The van der Waals surface area contributed by atoms with Gasteiger partial charge >= 0.3 is 0 Å². The van der Waals surface area contributed by atoms with Gasteiger partial charge in [-0.25, -0.2) is 0 Å². The molecule has 0 radical (unpaired) electrons. The van der Waals surface area contributed by atoms with Crippen molar-refractivity contribution in [2.45, 2.75) is 37.6 Å². The molecule has 0 unspecified atom stereocenters. The Hall–Kier alpha value is -1.13. The Kier molecular flexibility index (Phi) is 4.76. The van der Waals surface area contributed by atoms with Crippen LogP contribution in [-0.4, -0.2) is 11.9 Å². The van der Waals surface area contributed by atoms with E-state index in [1.165, 1.54) is 16.9 Å². The van der Waals surface area contributed by atoms with Crippen molar-refractivity contribution in [2.24, 2.45) is 0 Å². The number of rotatable bonds is 3. The fourth-order valence-electron chi connectivity index (χ4n) is 3.00. The second kappa shape index (κ2) is 6.75. The van der Waals surface area contributed by atoms with Crippen LogP contribution in [0.3, 0.4) is 0 Å². The molecule has 3 rings (SSSR count). The van der Waals surface area contributed by atoms with Crippen molar-refractivity contribution in [2.75, 3.05) is 0 Å². The molecule has 1 aliphatic carbocycles. The average molecular weight is 364 g/mol. The molecule has 110 valence electrons. The molecule has 21 heavy (non-hydrogen) atoms. The van der Waals surface area contributed by atoms with Crippen LogP contribution in [0.5, 0.6) is 0 Å². The zero-order valence-electron chi connectivity index (χ0n) is 11.7. The summed E-state index contributed by atoms with van der Waals surface area (Å²) in [5, 5.41) is 5.11. The van der Waals surface area contributed by atoms with Crippen molar-refractivity contribution >= 4 is 33.2 Å². The number of carbonyl (C=O) groups excluding carboxylic acids is 1. The molecule has 4 heteroatoms. The van der Waals surface area contributed by atoms with Crippen molar-refractivity contribution < 1.29 is 4.79 Å². The van der Waals surface area contributed by atoms with Gasteiger partial charge in [0, 0.05) is 10.5 Å². The van der Waals surface area contributed by atoms with Crippen LogP contribution in [0.2, 0.25) is 0 Å². The van der Waals surface area contributed by atoms with Gasteiger partial charge in [-0.05, 0) is 64.5 Å². The van der Waals surface area contributed by atoms with Crippen LogP contribution in [0, 0.1) is 0 Å². The topological polar surface area (TPSA) is 29.1 Å². The van der Waals surface area contributed by atoms with E-state index in [4.69, 9.17) is 0 Å². The second-order valence-corrected chi connectivity index (χ2v) is 7.30. The highest BCUT2D eigenvalue weighted by atomic mass is 79.9. The molecule has 1 aromatic heterocycles. The standard InChI is InChI=1S/C17H18BrNOS/c18-15-10-11-21-16(15)17(20)19-14-8-6-13(7-9-14)12-4-2-1-3-5-12/h1-5,10-11,13-14H,6-9H2,(H,19,20). The molecule has 0 saturated heterocycles. The molecule has 1 aliphatic rings. The number of benzene rings is 1. The van der Waals surface area contributed by atoms with E-state index >= 15 is 0 Å². The average Bonchev–Trinajstić information content (AvgIpc) is 2.95. The van der Waals surface area contributed by atoms with Crippen molar-refractivity contribution in [3.05, 3.63) is 56.7 Å². The van der Waals surface area contributed by atoms with Gasteiger partial charge < -0.3 is 5.32 Å². The Morgan fingerprint density at radius 3 is 2.43 bits per heavy atom. The predicted octanol–water partition coefficient (Wildman–Crippen LogP) is 4.97. The van der Waals surface area contributed by atoms with E-state index in [-0.39, 0.29) is 5.91 Å². The summed E-state index contributed by atoms with van der Waals surface area (Å²) in [4.78, 5) is 13.0. The van der Waals surface area contributed by atoms with E-state index in [9.17, 15) is 4.79 Å². The molecule has 1 amide bonds. The third-order valence-corrected chi connectivity index (χ3v) is 5.99. The lowest BCUT2D eigenvalue weighted by atomic mass is 9.82. The normalized spacial score (nSPS) is 22.0. The highest BCUT2D eigenvalue weighted by Gasteiger charge is 2.24. The summed E-state index contributed by atoms with van der Waals surface area (Å²) >= 11 is 4.91. The third-order valence-electron chi connectivity index (χ3n) is 4.16. The lowest BCUT2D eigenvalue weighted by molar-refractivity contribution is 0.0929. The Bertz CT molecular complexity index is 602. The number of hydrogen-bond acceptors (Lipinski definition) is 2. The Labute approximate surface area is 137 Å². The Morgan fingerprint density at radius 1 is 1.10 bits per heavy atom. The number of nitrogens with one attached hydrogen (secondary N) is 1. The second-order valence-electron chi connectivity index (χ2n) is 5.53. The zero-order chi connectivity index (χ0) is 14.7. The van der Waals surface area contributed by atoms with E-state index in [0.717, 1.165) is 35.0 Å². The van der Waals surface area contributed by atoms with Gasteiger partial charge in [-0.2, -0.15) is 0 Å². The van der Waals surface area contributed by atoms with E-state index in [1.54, 1.807) is 0 Å². The van der Waals surface area contributed by atoms with Crippen LogP contribution in [0.15, 0.2) is 46.3 Å². The smallest absolute Gasteiger partial charge is 0.262 e. The molecule has 2 aromatic rings. The molecule has 1 fully saturated rings. The first-order valence-corrected chi connectivity index (χ1v) is 9.00. The lowest BCUT2D eigenvalue weighted by Gasteiger charge is -2.29. The van der Waals surface area contributed by atoms with Crippen LogP contribution >= 0.6 is 27.3 Å². The van der Waals surface area contributed by atoms with E-state index in [2.05, 4.69) is 51.6 Å². The summed E-state index contributed by atoms with van der Waals surface area (Å²) in [6.45, 7) is 0. The van der Waals surface area contributed by atoms with E-state index in [0.29, 0.717) is 12.0 Å². The number of halogens is 1. The SMILES string of the molecule is O=C(NC1CCC(c2ccccc2)CC1)c1sccc1Br. The minimum atomic E-state index is 0.0556. The maximum atomic E-state index is 12.2. The highest BCUT2D eigenvalue weighted by Crippen LogP contribution is 2.33. The largest absolute Gasteiger partial charge is 0.349 e. The molecule has 0 atom stereocenters. The van der Waals surface area contributed by atoms with Crippen molar-refractivity contribution in [1.82, 2.24) is 5.32 Å². The third kappa shape index (κ3) is 3.55. The summed E-state index contributed by atoms with van der Waals surface area (Å²) in [5.41, 5.74) is 1.43. The summed E-state index contributed by atoms with van der Waals surface area (Å²) in [6, 6.07) is 12.9. The van der Waals surface area contributed by atoms with Crippen molar-refractivity contribution in [1.29, 1.82) is 0 Å². The quantitative estimate of drug-likeness (QED) is 0.819. The van der Waals surface area contributed by atoms with E-state index < -0.39 is 0 Å². The molecule has 2 nitrogen and oxygen atoms in total. The molecular weight excluding hydrogens is 346 g/mol. The predicted molar refractivity (Wildman–Crippen MR) is 90.9 cm³/mol. The van der Waals surface area contributed by atoms with Gasteiger partial charge in [0.1, 0.15) is 4.88 Å². The van der Waals surface area contributed by atoms with Gasteiger partial charge in [-0.1, -0.05) is 30.3 Å². The molecule has 1 N–H and O–H groups in total. The van der Waals surface area contributed by atoms with Crippen LogP contribution in [0.4, 0.5) is 0 Å². The fraction of sp³-hybridized carbons (Fsp3) is 0.353.